The minimum atomic E-state index is 0.350. The topological polar surface area (TPSA) is 38.7 Å². The Hall–Kier alpha value is -2.61. The molecule has 0 aromatic heterocycles. The first-order chi connectivity index (χ1) is 14.4. The highest BCUT2D eigenvalue weighted by Crippen LogP contribution is 2.23. The molecule has 2 aromatic carbocycles. The number of benzene rings is 2. The molecule has 2 rings (SSSR count). The molecule has 0 fully saturated rings. The van der Waals surface area contributed by atoms with Gasteiger partial charge in [-0.1, -0.05) is 61.7 Å². The van der Waals surface area contributed by atoms with E-state index in [1.165, 1.54) is 0 Å². The summed E-state index contributed by atoms with van der Waals surface area (Å²) in [4.78, 5) is 0. The number of rotatable bonds is 7. The first-order valence-corrected chi connectivity index (χ1v) is 10.2. The molecule has 0 heterocycles. The second-order valence-corrected chi connectivity index (χ2v) is 6.60. The molecule has 1 unspecified atom stereocenters. The maximum absolute atomic E-state index is 9.37. The number of methoxy groups -OCH3 is 1. The summed E-state index contributed by atoms with van der Waals surface area (Å²) in [6.45, 7) is 18.0. The Kier molecular flexibility index (Phi) is 14.8. The Morgan fingerprint density at radius 2 is 1.70 bits per heavy atom. The molecule has 0 aliphatic rings. The summed E-state index contributed by atoms with van der Waals surface area (Å²) in [6, 6.07) is 13.3. The Balaban J connectivity index is 0.000000487. The van der Waals surface area contributed by atoms with Crippen LogP contribution < -0.4 is 0 Å². The van der Waals surface area contributed by atoms with Gasteiger partial charge in [0.15, 0.2) is 0 Å². The highest BCUT2D eigenvalue weighted by molar-refractivity contribution is 7.10. The monoisotopic (exact) mass is 426 g/mol. The van der Waals surface area contributed by atoms with Gasteiger partial charge in [0, 0.05) is 24.7 Å². The maximum Gasteiger partial charge on any atom is 0.123 e. The van der Waals surface area contributed by atoms with Crippen molar-refractivity contribution in [1.82, 2.24) is 0 Å². The van der Waals surface area contributed by atoms with Crippen molar-refractivity contribution in [1.29, 1.82) is 0 Å². The van der Waals surface area contributed by atoms with Gasteiger partial charge in [-0.05, 0) is 55.9 Å². The molecule has 3 nitrogen and oxygen atoms in total. The lowest BCUT2D eigenvalue weighted by Gasteiger charge is -2.08. The summed E-state index contributed by atoms with van der Waals surface area (Å²) < 4.78 is 9.67. The molecular formula is C26H35O3P. The van der Waals surface area contributed by atoms with Crippen LogP contribution in [0.3, 0.4) is 0 Å². The average molecular weight is 427 g/mol. The Labute approximate surface area is 184 Å². The third-order valence-electron chi connectivity index (χ3n) is 4.04. The standard InChI is InChI=1S/C13H19OP.C10H8O.C3H8O/c1-6-8-12(7-2)9-13(10(3)4)11(5)14-15;11-10-7-3-5-8-4-1-2-6-9(8)10;1-3-4-2/h6-7,9H,1-3,8,15H2,4-5H3;1-7,11H;3H2,1-2H3/b12-9+,13-11-;;. The predicted molar refractivity (Wildman–Crippen MR) is 135 cm³/mol. The van der Waals surface area contributed by atoms with Crippen LogP contribution in [-0.2, 0) is 9.26 Å². The van der Waals surface area contributed by atoms with Gasteiger partial charge in [-0.25, -0.2) is 0 Å². The zero-order chi connectivity index (χ0) is 22.9. The normalized spacial score (nSPS) is 11.2. The van der Waals surface area contributed by atoms with Gasteiger partial charge < -0.3 is 14.4 Å². The van der Waals surface area contributed by atoms with Crippen LogP contribution in [0.2, 0.25) is 0 Å². The number of ether oxygens (including phenoxy) is 1. The van der Waals surface area contributed by atoms with Crippen LogP contribution in [0.25, 0.3) is 10.8 Å². The van der Waals surface area contributed by atoms with Gasteiger partial charge in [0.1, 0.15) is 11.5 Å². The largest absolute Gasteiger partial charge is 0.507 e. The molecule has 0 aliphatic heterocycles. The van der Waals surface area contributed by atoms with Crippen LogP contribution >= 0.6 is 9.47 Å². The number of phenolic OH excluding ortho intramolecular Hbond substituents is 1. The van der Waals surface area contributed by atoms with E-state index in [-0.39, 0.29) is 0 Å². The predicted octanol–water partition coefficient (Wildman–Crippen LogP) is 7.53. The zero-order valence-electron chi connectivity index (χ0n) is 18.7. The lowest BCUT2D eigenvalue weighted by Crippen LogP contribution is -1.89. The minimum absolute atomic E-state index is 0.350. The lowest BCUT2D eigenvalue weighted by atomic mass is 10.0. The van der Waals surface area contributed by atoms with E-state index in [0.717, 1.165) is 46.3 Å². The van der Waals surface area contributed by atoms with E-state index in [0.29, 0.717) is 5.75 Å². The molecule has 2 aromatic rings. The van der Waals surface area contributed by atoms with E-state index in [2.05, 4.69) is 33.9 Å². The average Bonchev–Trinajstić information content (AvgIpc) is 2.77. The molecule has 162 valence electrons. The first kappa shape index (κ1) is 27.4. The van der Waals surface area contributed by atoms with Crippen LogP contribution in [-0.4, -0.2) is 18.8 Å². The summed E-state index contributed by atoms with van der Waals surface area (Å²) in [6.07, 6.45) is 6.49. The van der Waals surface area contributed by atoms with Gasteiger partial charge in [0.25, 0.3) is 0 Å². The van der Waals surface area contributed by atoms with Crippen LogP contribution in [0.1, 0.15) is 27.2 Å². The van der Waals surface area contributed by atoms with Crippen molar-refractivity contribution in [2.75, 3.05) is 13.7 Å². The molecule has 0 spiro atoms. The third-order valence-corrected chi connectivity index (χ3v) is 4.40. The smallest absolute Gasteiger partial charge is 0.123 e. The molecule has 0 saturated heterocycles. The summed E-state index contributed by atoms with van der Waals surface area (Å²) in [5.41, 5.74) is 3.07. The van der Waals surface area contributed by atoms with Crippen molar-refractivity contribution in [3.8, 4) is 5.75 Å². The van der Waals surface area contributed by atoms with E-state index >= 15 is 0 Å². The number of fused-ring (bicyclic) bond motifs is 1. The number of hydrogen-bond donors (Lipinski definition) is 1. The Morgan fingerprint density at radius 3 is 2.17 bits per heavy atom. The summed E-state index contributed by atoms with van der Waals surface area (Å²) in [7, 11) is 3.92. The van der Waals surface area contributed by atoms with Gasteiger partial charge in [-0.2, -0.15) is 0 Å². The van der Waals surface area contributed by atoms with Crippen LogP contribution in [0, 0.1) is 0 Å². The summed E-state index contributed by atoms with van der Waals surface area (Å²) in [5.74, 6) is 1.18. The minimum Gasteiger partial charge on any atom is -0.507 e. The number of hydrogen-bond acceptors (Lipinski definition) is 3. The fourth-order valence-electron chi connectivity index (χ4n) is 2.35. The summed E-state index contributed by atoms with van der Waals surface area (Å²) in [5, 5.41) is 11.4. The van der Waals surface area contributed by atoms with E-state index in [9.17, 15) is 5.11 Å². The molecular weight excluding hydrogens is 391 g/mol. The fraction of sp³-hybridized carbons (Fsp3) is 0.231. The molecule has 0 radical (unpaired) electrons. The number of phenols is 1. The van der Waals surface area contributed by atoms with Gasteiger partial charge in [0.05, 0.1) is 9.47 Å². The second-order valence-electron chi connectivity index (χ2n) is 6.36. The fourth-order valence-corrected chi connectivity index (χ4v) is 2.48. The van der Waals surface area contributed by atoms with E-state index in [1.807, 2.05) is 75.4 Å². The van der Waals surface area contributed by atoms with Crippen LogP contribution in [0.15, 0.2) is 103 Å². The van der Waals surface area contributed by atoms with E-state index < -0.39 is 0 Å². The molecule has 1 N–H and O–H groups in total. The number of allylic oxidation sites excluding steroid dienone is 7. The van der Waals surface area contributed by atoms with Crippen molar-refractivity contribution in [2.45, 2.75) is 27.2 Å². The zero-order valence-corrected chi connectivity index (χ0v) is 19.8. The van der Waals surface area contributed by atoms with Gasteiger partial charge >= 0.3 is 0 Å². The molecule has 0 amide bonds. The second kappa shape index (κ2) is 16.2. The molecule has 0 aliphatic carbocycles. The Morgan fingerprint density at radius 1 is 1.10 bits per heavy atom. The highest BCUT2D eigenvalue weighted by atomic mass is 31.0. The highest BCUT2D eigenvalue weighted by Gasteiger charge is 2.02. The lowest BCUT2D eigenvalue weighted by molar-refractivity contribution is 0.215. The molecule has 30 heavy (non-hydrogen) atoms. The summed E-state index contributed by atoms with van der Waals surface area (Å²) >= 11 is 0. The molecule has 4 heteroatoms. The molecule has 0 bridgehead atoms. The maximum atomic E-state index is 9.37. The van der Waals surface area contributed by atoms with E-state index in [4.69, 9.17) is 4.52 Å². The molecule has 0 saturated carbocycles. The number of aromatic hydroxyl groups is 1. The van der Waals surface area contributed by atoms with Crippen molar-refractivity contribution >= 4 is 20.2 Å². The van der Waals surface area contributed by atoms with Crippen LogP contribution in [0.5, 0.6) is 5.75 Å². The van der Waals surface area contributed by atoms with Gasteiger partial charge in [-0.15, -0.1) is 6.58 Å². The van der Waals surface area contributed by atoms with Gasteiger partial charge in [-0.3, -0.25) is 0 Å². The van der Waals surface area contributed by atoms with Crippen molar-refractivity contribution in [2.24, 2.45) is 0 Å². The van der Waals surface area contributed by atoms with Crippen molar-refractivity contribution in [3.05, 3.63) is 103 Å². The molecule has 1 atom stereocenters. The van der Waals surface area contributed by atoms with Crippen LogP contribution in [0.4, 0.5) is 0 Å². The van der Waals surface area contributed by atoms with Gasteiger partial charge in [0.2, 0.25) is 0 Å². The Bertz CT molecular complexity index is 871. The van der Waals surface area contributed by atoms with E-state index in [1.54, 1.807) is 13.2 Å². The van der Waals surface area contributed by atoms with Crippen molar-refractivity contribution < 1.29 is 14.4 Å². The first-order valence-electron chi connectivity index (χ1n) is 9.69. The SMILES string of the molecule is C=CC/C(C=C)=C/C(C(=C)C)=C(\C)OP.CCOC.Oc1cccc2ccccc12. The third kappa shape index (κ3) is 10.2. The quantitative estimate of drug-likeness (QED) is 0.215. The van der Waals surface area contributed by atoms with Crippen molar-refractivity contribution in [3.63, 3.8) is 0 Å².